The predicted octanol–water partition coefficient (Wildman–Crippen LogP) is 4.23. The minimum atomic E-state index is -0.390. The summed E-state index contributed by atoms with van der Waals surface area (Å²) in [6, 6.07) is 1.69. The van der Waals surface area contributed by atoms with Crippen molar-refractivity contribution in [3.05, 3.63) is 29.7 Å². The number of nitrogens with one attached hydrogen (secondary N) is 2. The Kier molecular flexibility index (Phi) is 8.93. The number of likely N-dealkylation sites (tertiary alicyclic amines) is 1. The zero-order chi connectivity index (χ0) is 25.5. The normalized spacial score (nSPS) is 18.7. The largest absolute Gasteiger partial charge is 0.447 e. The van der Waals surface area contributed by atoms with Gasteiger partial charge in [-0.1, -0.05) is 11.6 Å². The van der Waals surface area contributed by atoms with E-state index in [1.54, 1.807) is 37.2 Å². The lowest BCUT2D eigenvalue weighted by Gasteiger charge is -2.31. The van der Waals surface area contributed by atoms with E-state index >= 15 is 0 Å². The highest BCUT2D eigenvalue weighted by Gasteiger charge is 2.30. The second kappa shape index (κ2) is 12.3. The Bertz CT molecular complexity index is 1060. The van der Waals surface area contributed by atoms with Gasteiger partial charge in [0.1, 0.15) is 11.6 Å². The van der Waals surface area contributed by atoms with Crippen molar-refractivity contribution in [2.24, 2.45) is 11.8 Å². The number of halogens is 1. The van der Waals surface area contributed by atoms with Gasteiger partial charge in [0.05, 0.1) is 35.1 Å². The fourth-order valence-corrected chi connectivity index (χ4v) is 4.55. The molecule has 1 atom stereocenters. The van der Waals surface area contributed by atoms with Crippen LogP contribution < -0.4 is 10.6 Å². The number of ether oxygens (including phenoxy) is 2. The number of piperidine rings is 1. The second-order valence-corrected chi connectivity index (χ2v) is 9.89. The first-order valence-corrected chi connectivity index (χ1v) is 12.8. The summed E-state index contributed by atoms with van der Waals surface area (Å²) >= 11 is 6.43. The standard InChI is InChI=1S/C25H33ClN6O4/c1-16(2)36-25(34)32-7-3-4-18(15-32)24(33)31-22-10-19(20(26)12-29-22)21-13-27-14-23(30-21)28-11-17-5-8-35-9-6-17/h10,12-14,16-18H,3-9,11,15H2,1-2H3,(H,28,30)(H,29,31,33)/t18-/m0/s1. The summed E-state index contributed by atoms with van der Waals surface area (Å²) in [5.74, 6) is 1.02. The van der Waals surface area contributed by atoms with E-state index in [0.29, 0.717) is 53.3 Å². The zero-order valence-corrected chi connectivity index (χ0v) is 21.5. The van der Waals surface area contributed by atoms with Crippen LogP contribution >= 0.6 is 11.6 Å². The van der Waals surface area contributed by atoms with Crippen LogP contribution in [0.3, 0.4) is 0 Å². The van der Waals surface area contributed by atoms with Crippen molar-refractivity contribution in [1.82, 2.24) is 19.9 Å². The number of pyridine rings is 1. The Morgan fingerprint density at radius 3 is 2.78 bits per heavy atom. The van der Waals surface area contributed by atoms with E-state index in [2.05, 4.69) is 25.6 Å². The van der Waals surface area contributed by atoms with Crippen LogP contribution in [-0.2, 0) is 14.3 Å². The van der Waals surface area contributed by atoms with Crippen LogP contribution in [0, 0.1) is 11.8 Å². The summed E-state index contributed by atoms with van der Waals surface area (Å²) in [6.07, 6.45) is 7.67. The Hall–Kier alpha value is -2.98. The lowest BCUT2D eigenvalue weighted by molar-refractivity contribution is -0.121. The van der Waals surface area contributed by atoms with Gasteiger partial charge in [0, 0.05) is 44.6 Å². The molecule has 2 fully saturated rings. The van der Waals surface area contributed by atoms with Gasteiger partial charge in [-0.05, 0) is 51.5 Å². The van der Waals surface area contributed by atoms with Crippen LogP contribution in [0.15, 0.2) is 24.7 Å². The topological polar surface area (TPSA) is 119 Å². The highest BCUT2D eigenvalue weighted by Crippen LogP contribution is 2.29. The van der Waals surface area contributed by atoms with Gasteiger partial charge in [-0.25, -0.2) is 14.8 Å². The van der Waals surface area contributed by atoms with Crippen LogP contribution in [-0.4, -0.2) is 70.8 Å². The molecule has 194 valence electrons. The average Bonchev–Trinajstić information content (AvgIpc) is 2.89. The molecule has 10 nitrogen and oxygen atoms in total. The molecule has 0 spiro atoms. The summed E-state index contributed by atoms with van der Waals surface area (Å²) < 4.78 is 10.7. The quantitative estimate of drug-likeness (QED) is 0.561. The molecule has 2 aliphatic rings. The number of carbonyl (C=O) groups is 2. The zero-order valence-electron chi connectivity index (χ0n) is 20.7. The molecule has 4 rings (SSSR count). The molecule has 4 heterocycles. The first-order valence-electron chi connectivity index (χ1n) is 12.4. The number of aromatic nitrogens is 3. The molecule has 0 aromatic carbocycles. The number of nitrogens with zero attached hydrogens (tertiary/aromatic N) is 4. The third-order valence-corrected chi connectivity index (χ3v) is 6.62. The minimum absolute atomic E-state index is 0.198. The maximum Gasteiger partial charge on any atom is 0.410 e. The molecule has 2 aliphatic heterocycles. The Balaban J connectivity index is 1.40. The van der Waals surface area contributed by atoms with Crippen LogP contribution in [0.25, 0.3) is 11.3 Å². The number of carbonyl (C=O) groups excluding carboxylic acids is 2. The lowest BCUT2D eigenvalue weighted by atomic mass is 9.97. The fraction of sp³-hybridized carbons (Fsp3) is 0.560. The van der Waals surface area contributed by atoms with E-state index in [1.807, 2.05) is 0 Å². The van der Waals surface area contributed by atoms with Gasteiger partial charge in [-0.3, -0.25) is 9.78 Å². The van der Waals surface area contributed by atoms with Gasteiger partial charge >= 0.3 is 6.09 Å². The van der Waals surface area contributed by atoms with Crippen molar-refractivity contribution in [3.63, 3.8) is 0 Å². The van der Waals surface area contributed by atoms with Crippen molar-refractivity contribution in [1.29, 1.82) is 0 Å². The first-order chi connectivity index (χ1) is 17.4. The van der Waals surface area contributed by atoms with Crippen molar-refractivity contribution in [3.8, 4) is 11.3 Å². The number of hydrogen-bond donors (Lipinski definition) is 2. The predicted molar refractivity (Wildman–Crippen MR) is 137 cm³/mol. The molecule has 0 unspecified atom stereocenters. The second-order valence-electron chi connectivity index (χ2n) is 9.48. The molecule has 11 heteroatoms. The summed E-state index contributed by atoms with van der Waals surface area (Å²) in [6.45, 7) is 6.88. The number of amides is 2. The Morgan fingerprint density at radius 2 is 2.00 bits per heavy atom. The van der Waals surface area contributed by atoms with Crippen LogP contribution in [0.1, 0.15) is 39.5 Å². The lowest BCUT2D eigenvalue weighted by Crippen LogP contribution is -2.44. The Labute approximate surface area is 216 Å². The average molecular weight is 517 g/mol. The maximum atomic E-state index is 13.0. The minimum Gasteiger partial charge on any atom is -0.447 e. The third-order valence-electron chi connectivity index (χ3n) is 6.32. The molecule has 2 aromatic heterocycles. The van der Waals surface area contributed by atoms with E-state index in [4.69, 9.17) is 21.1 Å². The third kappa shape index (κ3) is 7.04. The number of anilines is 2. The van der Waals surface area contributed by atoms with Gasteiger partial charge in [0.25, 0.3) is 0 Å². The van der Waals surface area contributed by atoms with E-state index in [1.165, 1.54) is 6.20 Å². The molecule has 0 saturated carbocycles. The highest BCUT2D eigenvalue weighted by molar-refractivity contribution is 6.33. The summed E-state index contributed by atoms with van der Waals surface area (Å²) in [5.41, 5.74) is 1.20. The smallest absolute Gasteiger partial charge is 0.410 e. The maximum absolute atomic E-state index is 13.0. The van der Waals surface area contributed by atoms with Crippen molar-refractivity contribution >= 4 is 35.2 Å². The molecule has 2 saturated heterocycles. The number of rotatable bonds is 7. The van der Waals surface area contributed by atoms with Gasteiger partial charge in [0.2, 0.25) is 5.91 Å². The molecular formula is C25H33ClN6O4. The van der Waals surface area contributed by atoms with Crippen LogP contribution in [0.5, 0.6) is 0 Å². The van der Waals surface area contributed by atoms with Crippen molar-refractivity contribution in [2.45, 2.75) is 45.6 Å². The molecular weight excluding hydrogens is 484 g/mol. The van der Waals surface area contributed by atoms with Gasteiger partial charge in [0.15, 0.2) is 0 Å². The number of hydrogen-bond acceptors (Lipinski definition) is 8. The Morgan fingerprint density at radius 1 is 1.19 bits per heavy atom. The summed E-state index contributed by atoms with van der Waals surface area (Å²) in [5, 5.41) is 6.63. The van der Waals surface area contributed by atoms with Gasteiger partial charge < -0.3 is 25.0 Å². The van der Waals surface area contributed by atoms with Crippen LogP contribution in [0.2, 0.25) is 5.02 Å². The van der Waals surface area contributed by atoms with E-state index < -0.39 is 6.09 Å². The van der Waals surface area contributed by atoms with Gasteiger partial charge in [-0.15, -0.1) is 0 Å². The van der Waals surface area contributed by atoms with Crippen molar-refractivity contribution < 1.29 is 19.1 Å². The molecule has 2 amide bonds. The molecule has 0 radical (unpaired) electrons. The molecule has 2 N–H and O–H groups in total. The van der Waals surface area contributed by atoms with Gasteiger partial charge in [-0.2, -0.15) is 0 Å². The van der Waals surface area contributed by atoms with Crippen LogP contribution in [0.4, 0.5) is 16.4 Å². The molecule has 2 aromatic rings. The summed E-state index contributed by atoms with van der Waals surface area (Å²) in [7, 11) is 0. The van der Waals surface area contributed by atoms with E-state index in [-0.39, 0.29) is 17.9 Å². The molecule has 36 heavy (non-hydrogen) atoms. The molecule has 0 bridgehead atoms. The van der Waals surface area contributed by atoms with E-state index in [0.717, 1.165) is 39.0 Å². The monoisotopic (exact) mass is 516 g/mol. The first kappa shape index (κ1) is 26.1. The fourth-order valence-electron chi connectivity index (χ4n) is 4.35. The highest BCUT2D eigenvalue weighted by atomic mass is 35.5. The SMILES string of the molecule is CC(C)OC(=O)N1CCC[C@H](C(=O)Nc2cc(-c3cncc(NCC4CCOCC4)n3)c(Cl)cn2)C1. The summed E-state index contributed by atoms with van der Waals surface area (Å²) in [4.78, 5) is 40.1. The van der Waals surface area contributed by atoms with Crippen molar-refractivity contribution in [2.75, 3.05) is 43.5 Å². The molecule has 0 aliphatic carbocycles. The van der Waals surface area contributed by atoms with E-state index in [9.17, 15) is 9.59 Å².